The van der Waals surface area contributed by atoms with Gasteiger partial charge in [0.15, 0.2) is 0 Å². The second-order valence-electron chi connectivity index (χ2n) is 2.10. The molecule has 5 heteroatoms. The van der Waals surface area contributed by atoms with E-state index in [1.165, 1.54) is 19.4 Å². The van der Waals surface area contributed by atoms with Crippen LogP contribution < -0.4 is 5.73 Å². The molecule has 1 aromatic heterocycles. The van der Waals surface area contributed by atoms with E-state index in [4.69, 9.17) is 5.73 Å². The Morgan fingerprint density at radius 3 is 2.92 bits per heavy atom. The van der Waals surface area contributed by atoms with Crippen molar-refractivity contribution in [3.05, 3.63) is 22.4 Å². The zero-order valence-electron chi connectivity index (χ0n) is 6.37. The molecule has 0 atom stereocenters. The van der Waals surface area contributed by atoms with Gasteiger partial charge in [-0.05, 0) is 22.0 Å². The third-order valence-electron chi connectivity index (χ3n) is 1.29. The number of rotatable bonds is 1. The largest absolute Gasteiger partial charge is 0.465 e. The predicted octanol–water partition coefficient (Wildman–Crippen LogP) is 1.21. The van der Waals surface area contributed by atoms with Gasteiger partial charge in [0.2, 0.25) is 0 Å². The fourth-order valence-electron chi connectivity index (χ4n) is 0.695. The van der Waals surface area contributed by atoms with Gasteiger partial charge in [-0.2, -0.15) is 0 Å². The second-order valence-corrected chi connectivity index (χ2v) is 2.85. The first-order valence-corrected chi connectivity index (χ1v) is 3.93. The molecule has 0 aliphatic carbocycles. The molecule has 0 unspecified atom stereocenters. The van der Waals surface area contributed by atoms with Crippen molar-refractivity contribution in [2.45, 2.75) is 0 Å². The van der Waals surface area contributed by atoms with E-state index >= 15 is 0 Å². The molecule has 1 rings (SSSR count). The summed E-state index contributed by atoms with van der Waals surface area (Å²) in [4.78, 5) is 14.8. The van der Waals surface area contributed by atoms with Crippen molar-refractivity contribution in [3.63, 3.8) is 0 Å². The zero-order valence-corrected chi connectivity index (χ0v) is 7.96. The molecule has 64 valence electrons. The maximum Gasteiger partial charge on any atom is 0.339 e. The van der Waals surface area contributed by atoms with Gasteiger partial charge in [-0.3, -0.25) is 0 Å². The number of carbonyl (C=O) groups excluding carboxylic acids is 1. The van der Waals surface area contributed by atoms with Crippen LogP contribution in [0, 0.1) is 0 Å². The van der Waals surface area contributed by atoms with Crippen LogP contribution in [-0.2, 0) is 4.74 Å². The van der Waals surface area contributed by atoms with Gasteiger partial charge in [0, 0.05) is 6.20 Å². The summed E-state index contributed by atoms with van der Waals surface area (Å²) in [6, 6.07) is 1.50. The summed E-state index contributed by atoms with van der Waals surface area (Å²) in [5.41, 5.74) is 6.26. The number of pyridine rings is 1. The Bertz CT molecular complexity index is 314. The maximum absolute atomic E-state index is 10.9. The van der Waals surface area contributed by atoms with E-state index in [1.807, 2.05) is 0 Å². The normalized spacial score (nSPS) is 9.50. The van der Waals surface area contributed by atoms with Gasteiger partial charge in [-0.25, -0.2) is 9.78 Å². The summed E-state index contributed by atoms with van der Waals surface area (Å²) in [6.07, 6.45) is 1.40. The molecule has 0 aliphatic rings. The number of hydrogen-bond donors (Lipinski definition) is 1. The number of ether oxygens (including phenoxy) is 1. The summed E-state index contributed by atoms with van der Waals surface area (Å²) in [5.74, 6) is -0.443. The van der Waals surface area contributed by atoms with Crippen LogP contribution in [0.2, 0.25) is 0 Å². The average molecular weight is 231 g/mol. The lowest BCUT2D eigenvalue weighted by molar-refractivity contribution is 0.0600. The van der Waals surface area contributed by atoms with E-state index < -0.39 is 5.97 Å². The van der Waals surface area contributed by atoms with Crippen LogP contribution in [0.4, 0.5) is 5.69 Å². The smallest absolute Gasteiger partial charge is 0.339 e. The lowest BCUT2D eigenvalue weighted by Gasteiger charge is -2.00. The molecule has 2 N–H and O–H groups in total. The van der Waals surface area contributed by atoms with Crippen LogP contribution in [0.15, 0.2) is 16.9 Å². The molecule has 4 nitrogen and oxygen atoms in total. The van der Waals surface area contributed by atoms with Gasteiger partial charge in [0.1, 0.15) is 4.60 Å². The topological polar surface area (TPSA) is 65.2 Å². The van der Waals surface area contributed by atoms with E-state index in [2.05, 4.69) is 25.7 Å². The molecule has 1 aromatic rings. The first kappa shape index (κ1) is 8.99. The molecule has 0 saturated heterocycles. The van der Waals surface area contributed by atoms with Gasteiger partial charge in [-0.15, -0.1) is 0 Å². The summed E-state index contributed by atoms with van der Waals surface area (Å²) in [6.45, 7) is 0. The van der Waals surface area contributed by atoms with Crippen molar-refractivity contribution in [1.29, 1.82) is 0 Å². The van der Waals surface area contributed by atoms with Crippen LogP contribution in [0.1, 0.15) is 10.4 Å². The van der Waals surface area contributed by atoms with Gasteiger partial charge >= 0.3 is 5.97 Å². The van der Waals surface area contributed by atoms with Crippen molar-refractivity contribution in [3.8, 4) is 0 Å². The Kier molecular flexibility index (Phi) is 2.65. The van der Waals surface area contributed by atoms with Crippen molar-refractivity contribution < 1.29 is 9.53 Å². The van der Waals surface area contributed by atoms with Gasteiger partial charge in [-0.1, -0.05) is 0 Å². The molecular weight excluding hydrogens is 224 g/mol. The quantitative estimate of drug-likeness (QED) is 0.582. The zero-order chi connectivity index (χ0) is 9.14. The Labute approximate surface area is 77.9 Å². The molecular formula is C7H7BrN2O2. The molecule has 1 heterocycles. The van der Waals surface area contributed by atoms with E-state index in [1.54, 1.807) is 0 Å². The van der Waals surface area contributed by atoms with Gasteiger partial charge < -0.3 is 10.5 Å². The molecule has 0 bridgehead atoms. The molecule has 0 radical (unpaired) electrons. The van der Waals surface area contributed by atoms with Crippen LogP contribution in [0.5, 0.6) is 0 Å². The van der Waals surface area contributed by atoms with E-state index in [-0.39, 0.29) is 0 Å². The van der Waals surface area contributed by atoms with E-state index in [0.29, 0.717) is 15.9 Å². The van der Waals surface area contributed by atoms with Gasteiger partial charge in [0.25, 0.3) is 0 Å². The van der Waals surface area contributed by atoms with Crippen LogP contribution >= 0.6 is 15.9 Å². The third-order valence-corrected chi connectivity index (χ3v) is 1.95. The van der Waals surface area contributed by atoms with Crippen LogP contribution in [0.25, 0.3) is 0 Å². The Morgan fingerprint density at radius 1 is 1.75 bits per heavy atom. The van der Waals surface area contributed by atoms with Crippen LogP contribution in [0.3, 0.4) is 0 Å². The second kappa shape index (κ2) is 3.53. The fourth-order valence-corrected chi connectivity index (χ4v) is 0.911. The number of hydrogen-bond acceptors (Lipinski definition) is 4. The summed E-state index contributed by atoms with van der Waals surface area (Å²) in [7, 11) is 1.31. The SMILES string of the molecule is COC(=O)c1cnc(Br)c(N)c1. The minimum Gasteiger partial charge on any atom is -0.465 e. The monoisotopic (exact) mass is 230 g/mol. The number of carbonyl (C=O) groups is 1. The number of methoxy groups -OCH3 is 1. The highest BCUT2D eigenvalue weighted by atomic mass is 79.9. The van der Waals surface area contributed by atoms with Crippen molar-refractivity contribution >= 4 is 27.6 Å². The molecule has 0 aromatic carbocycles. The molecule has 12 heavy (non-hydrogen) atoms. The predicted molar refractivity (Wildman–Crippen MR) is 47.7 cm³/mol. The van der Waals surface area contributed by atoms with E-state index in [9.17, 15) is 4.79 Å². The first-order chi connectivity index (χ1) is 5.65. The lowest BCUT2D eigenvalue weighted by atomic mass is 10.3. The average Bonchev–Trinajstić information content (AvgIpc) is 2.08. The number of anilines is 1. The van der Waals surface area contributed by atoms with Crippen molar-refractivity contribution in [2.24, 2.45) is 0 Å². The summed E-state index contributed by atoms with van der Waals surface area (Å²) in [5, 5.41) is 0. The number of aromatic nitrogens is 1. The van der Waals surface area contributed by atoms with E-state index in [0.717, 1.165) is 0 Å². The summed E-state index contributed by atoms with van der Waals surface area (Å²) < 4.78 is 5.00. The minimum absolute atomic E-state index is 0.346. The lowest BCUT2D eigenvalue weighted by Crippen LogP contribution is -2.03. The van der Waals surface area contributed by atoms with Gasteiger partial charge in [0.05, 0.1) is 18.4 Å². The number of nitrogen functional groups attached to an aromatic ring is 1. The van der Waals surface area contributed by atoms with Crippen molar-refractivity contribution in [1.82, 2.24) is 4.98 Å². The number of esters is 1. The Morgan fingerprint density at radius 2 is 2.42 bits per heavy atom. The summed E-state index contributed by atoms with van der Waals surface area (Å²) >= 11 is 3.11. The van der Waals surface area contributed by atoms with Crippen molar-refractivity contribution in [2.75, 3.05) is 12.8 Å². The molecule has 0 spiro atoms. The number of nitrogens with zero attached hydrogens (tertiary/aromatic N) is 1. The molecule has 0 amide bonds. The molecule has 0 saturated carbocycles. The minimum atomic E-state index is -0.443. The Hall–Kier alpha value is -1.10. The van der Waals surface area contributed by atoms with Crippen LogP contribution in [-0.4, -0.2) is 18.1 Å². The number of nitrogens with two attached hydrogens (primary N) is 1. The number of halogens is 1. The highest BCUT2D eigenvalue weighted by Crippen LogP contribution is 2.16. The standard InChI is InChI=1S/C7H7BrN2O2/c1-12-7(11)4-2-5(9)6(8)10-3-4/h2-3H,9H2,1H3. The molecule has 0 aliphatic heterocycles. The highest BCUT2D eigenvalue weighted by molar-refractivity contribution is 9.10. The fraction of sp³-hybridized carbons (Fsp3) is 0.143. The third kappa shape index (κ3) is 1.73. The molecule has 0 fully saturated rings. The highest BCUT2D eigenvalue weighted by Gasteiger charge is 2.07. The first-order valence-electron chi connectivity index (χ1n) is 3.14. The maximum atomic E-state index is 10.9. The Balaban J connectivity index is 3.05.